The van der Waals surface area contributed by atoms with Crippen molar-refractivity contribution in [2.24, 2.45) is 0 Å². The van der Waals surface area contributed by atoms with Gasteiger partial charge in [0.2, 0.25) is 0 Å². The van der Waals surface area contributed by atoms with Crippen LogP contribution < -0.4 is 4.90 Å². The highest BCUT2D eigenvalue weighted by Crippen LogP contribution is 2.26. The Balaban J connectivity index is 1.60. The molecule has 2 aromatic rings. The van der Waals surface area contributed by atoms with Crippen molar-refractivity contribution in [2.75, 3.05) is 31.1 Å². The number of rotatable bonds is 4. The Morgan fingerprint density at radius 1 is 1.19 bits per heavy atom. The van der Waals surface area contributed by atoms with E-state index in [-0.39, 0.29) is 0 Å². The number of halogens is 1. The number of hydrogen-bond acceptors (Lipinski definition) is 4. The van der Waals surface area contributed by atoms with Crippen LogP contribution in [0.3, 0.4) is 0 Å². The smallest absolute Gasteiger partial charge is 0.110 e. The Hall–Kier alpha value is -1.10. The van der Waals surface area contributed by atoms with Crippen LogP contribution in [0.2, 0.25) is 0 Å². The average molecular weight is 322 g/mol. The molecule has 112 valence electrons. The van der Waals surface area contributed by atoms with E-state index in [0.717, 1.165) is 31.9 Å². The lowest BCUT2D eigenvalue weighted by atomic mass is 10.2. The number of nitrogens with zero attached hydrogens (tertiary/aromatic N) is 3. The van der Waals surface area contributed by atoms with E-state index in [1.807, 2.05) is 0 Å². The molecular weight excluding hydrogens is 302 g/mol. The summed E-state index contributed by atoms with van der Waals surface area (Å²) in [4.78, 5) is 9.58. The Morgan fingerprint density at radius 2 is 1.90 bits per heavy atom. The fourth-order valence-electron chi connectivity index (χ4n) is 2.74. The molecule has 1 aromatic carbocycles. The number of thiazole rings is 1. The van der Waals surface area contributed by atoms with Gasteiger partial charge < -0.3 is 4.90 Å². The van der Waals surface area contributed by atoms with Crippen LogP contribution in [0.1, 0.15) is 23.7 Å². The minimum absolute atomic E-state index is 0.380. The molecule has 0 saturated carbocycles. The van der Waals surface area contributed by atoms with Gasteiger partial charge >= 0.3 is 0 Å². The lowest BCUT2D eigenvalue weighted by molar-refractivity contribution is 0.198. The highest BCUT2D eigenvalue weighted by Gasteiger charge is 2.23. The third kappa shape index (κ3) is 3.39. The monoisotopic (exact) mass is 321 g/mol. The summed E-state index contributed by atoms with van der Waals surface area (Å²) >= 11 is 7.56. The van der Waals surface area contributed by atoms with E-state index < -0.39 is 0 Å². The van der Waals surface area contributed by atoms with Crippen LogP contribution in [-0.4, -0.2) is 36.1 Å². The van der Waals surface area contributed by atoms with Gasteiger partial charge in [-0.25, -0.2) is 4.98 Å². The molecule has 21 heavy (non-hydrogen) atoms. The summed E-state index contributed by atoms with van der Waals surface area (Å²) in [5.41, 5.74) is 2.31. The normalized spacial score (nSPS) is 17.9. The first-order valence-electron chi connectivity index (χ1n) is 7.32. The van der Waals surface area contributed by atoms with Gasteiger partial charge in [0, 0.05) is 37.2 Å². The molecule has 0 amide bonds. The molecule has 1 saturated heterocycles. The molecule has 0 N–H and O–H groups in total. The van der Waals surface area contributed by atoms with E-state index in [0.29, 0.717) is 11.9 Å². The van der Waals surface area contributed by atoms with E-state index in [2.05, 4.69) is 57.4 Å². The van der Waals surface area contributed by atoms with Crippen LogP contribution in [0.15, 0.2) is 35.7 Å². The topological polar surface area (TPSA) is 19.4 Å². The predicted octanol–water partition coefficient (Wildman–Crippen LogP) is 3.77. The van der Waals surface area contributed by atoms with Crippen molar-refractivity contribution >= 4 is 28.6 Å². The summed E-state index contributed by atoms with van der Waals surface area (Å²) in [6.07, 6.45) is 0. The largest absolute Gasteiger partial charge is 0.369 e. The van der Waals surface area contributed by atoms with Crippen LogP contribution in [0.5, 0.6) is 0 Å². The predicted molar refractivity (Wildman–Crippen MR) is 90.3 cm³/mol. The van der Waals surface area contributed by atoms with Crippen LogP contribution in [-0.2, 0) is 5.88 Å². The van der Waals surface area contributed by atoms with Crippen molar-refractivity contribution < 1.29 is 0 Å². The molecule has 0 radical (unpaired) electrons. The maximum absolute atomic E-state index is 5.84. The quantitative estimate of drug-likeness (QED) is 0.799. The summed E-state index contributed by atoms with van der Waals surface area (Å²) in [5, 5.41) is 3.25. The third-order valence-electron chi connectivity index (χ3n) is 4.05. The van der Waals surface area contributed by atoms with Gasteiger partial charge in [-0.1, -0.05) is 18.2 Å². The zero-order valence-corrected chi connectivity index (χ0v) is 13.8. The van der Waals surface area contributed by atoms with Crippen molar-refractivity contribution in [3.05, 3.63) is 46.4 Å². The zero-order valence-electron chi connectivity index (χ0n) is 12.2. The van der Waals surface area contributed by atoms with Crippen LogP contribution in [0.4, 0.5) is 5.69 Å². The first-order valence-corrected chi connectivity index (χ1v) is 8.73. The molecule has 1 aromatic heterocycles. The number of alkyl halides is 1. The fourth-order valence-corrected chi connectivity index (χ4v) is 3.88. The maximum Gasteiger partial charge on any atom is 0.110 e. The highest BCUT2D eigenvalue weighted by molar-refractivity contribution is 7.09. The molecule has 1 atom stereocenters. The summed E-state index contributed by atoms with van der Waals surface area (Å²) in [5.74, 6) is 0.505. The van der Waals surface area contributed by atoms with Crippen molar-refractivity contribution in [3.63, 3.8) is 0 Å². The van der Waals surface area contributed by atoms with E-state index in [4.69, 9.17) is 11.6 Å². The minimum atomic E-state index is 0.380. The van der Waals surface area contributed by atoms with Gasteiger partial charge in [0.15, 0.2) is 0 Å². The van der Waals surface area contributed by atoms with E-state index in [9.17, 15) is 0 Å². The van der Waals surface area contributed by atoms with Crippen molar-refractivity contribution in [1.82, 2.24) is 9.88 Å². The molecule has 0 spiro atoms. The van der Waals surface area contributed by atoms with Crippen molar-refractivity contribution in [3.8, 4) is 0 Å². The molecule has 1 aliphatic heterocycles. The highest BCUT2D eigenvalue weighted by atomic mass is 35.5. The second-order valence-corrected chi connectivity index (χ2v) is 6.50. The van der Waals surface area contributed by atoms with Gasteiger partial charge in [-0.15, -0.1) is 22.9 Å². The SMILES string of the molecule is CC(c1nc(CCl)cs1)N1CCN(c2ccccc2)CC1. The zero-order chi connectivity index (χ0) is 14.7. The number of para-hydroxylation sites is 1. The maximum atomic E-state index is 5.84. The Morgan fingerprint density at radius 3 is 2.52 bits per heavy atom. The first kappa shape index (κ1) is 14.8. The Labute approximate surface area is 135 Å². The van der Waals surface area contributed by atoms with Crippen LogP contribution >= 0.6 is 22.9 Å². The minimum Gasteiger partial charge on any atom is -0.369 e. The summed E-state index contributed by atoms with van der Waals surface area (Å²) < 4.78 is 0. The number of benzene rings is 1. The number of aromatic nitrogens is 1. The van der Waals surface area contributed by atoms with Gasteiger partial charge in [-0.05, 0) is 19.1 Å². The second kappa shape index (κ2) is 6.77. The van der Waals surface area contributed by atoms with E-state index >= 15 is 0 Å². The molecule has 1 aliphatic rings. The van der Waals surface area contributed by atoms with Gasteiger partial charge in [0.05, 0.1) is 17.6 Å². The molecule has 0 bridgehead atoms. The average Bonchev–Trinajstić information content (AvgIpc) is 3.04. The summed E-state index contributed by atoms with van der Waals surface area (Å²) in [6.45, 7) is 6.54. The van der Waals surface area contributed by atoms with Crippen molar-refractivity contribution in [2.45, 2.75) is 18.8 Å². The molecule has 1 fully saturated rings. The fraction of sp³-hybridized carbons (Fsp3) is 0.438. The third-order valence-corrected chi connectivity index (χ3v) is 5.38. The molecule has 5 heteroatoms. The summed E-state index contributed by atoms with van der Waals surface area (Å²) in [6, 6.07) is 11.0. The number of hydrogen-bond donors (Lipinski definition) is 0. The molecule has 0 aliphatic carbocycles. The second-order valence-electron chi connectivity index (χ2n) is 5.35. The number of anilines is 1. The van der Waals surface area contributed by atoms with Crippen LogP contribution in [0, 0.1) is 0 Å². The van der Waals surface area contributed by atoms with Gasteiger partial charge in [-0.2, -0.15) is 0 Å². The number of piperazine rings is 1. The first-order chi connectivity index (χ1) is 10.3. The molecule has 1 unspecified atom stereocenters. The van der Waals surface area contributed by atoms with Gasteiger partial charge in [0.25, 0.3) is 0 Å². The molecule has 3 rings (SSSR count). The van der Waals surface area contributed by atoms with Crippen LogP contribution in [0.25, 0.3) is 0 Å². The van der Waals surface area contributed by atoms with Gasteiger partial charge in [0.1, 0.15) is 5.01 Å². The standard InChI is InChI=1S/C16H20ClN3S/c1-13(16-18-14(11-17)12-21-16)19-7-9-20(10-8-19)15-5-3-2-4-6-15/h2-6,12-13H,7-11H2,1H3. The molecular formula is C16H20ClN3S. The van der Waals surface area contributed by atoms with Gasteiger partial charge in [-0.3, -0.25) is 4.90 Å². The molecule has 3 nitrogen and oxygen atoms in total. The van der Waals surface area contributed by atoms with E-state index in [1.54, 1.807) is 11.3 Å². The van der Waals surface area contributed by atoms with Crippen molar-refractivity contribution in [1.29, 1.82) is 0 Å². The Kier molecular flexibility index (Phi) is 4.78. The lowest BCUT2D eigenvalue weighted by Crippen LogP contribution is -2.47. The lowest BCUT2D eigenvalue weighted by Gasteiger charge is -2.38. The summed E-state index contributed by atoms with van der Waals surface area (Å²) in [7, 11) is 0. The molecule has 2 heterocycles. The Bertz CT molecular complexity index is 564. The van der Waals surface area contributed by atoms with E-state index in [1.165, 1.54) is 10.7 Å².